The van der Waals surface area contributed by atoms with Crippen LogP contribution in [0.3, 0.4) is 0 Å². The lowest BCUT2D eigenvalue weighted by Gasteiger charge is -2.33. The Hall–Kier alpha value is -2.51. The van der Waals surface area contributed by atoms with Crippen LogP contribution in [0.5, 0.6) is 0 Å². The fourth-order valence-corrected chi connectivity index (χ4v) is 4.25. The number of rotatable bonds is 6. The summed E-state index contributed by atoms with van der Waals surface area (Å²) in [6.45, 7) is 4.92. The molecule has 0 spiro atoms. The monoisotopic (exact) mass is 482 g/mol. The predicted molar refractivity (Wildman–Crippen MR) is 123 cm³/mol. The molecule has 1 amide bonds. The van der Waals surface area contributed by atoms with Crippen molar-refractivity contribution in [2.24, 2.45) is 5.92 Å². The van der Waals surface area contributed by atoms with Gasteiger partial charge in [0.2, 0.25) is 17.6 Å². The Kier molecular flexibility index (Phi) is 6.83. The molecule has 4 rings (SSSR count). The van der Waals surface area contributed by atoms with Crippen LogP contribution in [-0.2, 0) is 17.9 Å². The molecule has 1 fully saturated rings. The first kappa shape index (κ1) is 21.7. The molecule has 0 bridgehead atoms. The third-order valence-electron chi connectivity index (χ3n) is 5.70. The van der Waals surface area contributed by atoms with E-state index in [2.05, 4.69) is 62.2 Å². The number of carbonyl (C=O) groups is 1. The normalized spacial score (nSPS) is 16.9. The molecule has 0 N–H and O–H groups in total. The molecular weight excluding hydrogens is 456 g/mol. The van der Waals surface area contributed by atoms with Crippen molar-refractivity contribution in [3.8, 4) is 11.4 Å². The zero-order valence-corrected chi connectivity index (χ0v) is 19.5. The van der Waals surface area contributed by atoms with Gasteiger partial charge in [0.05, 0.1) is 12.5 Å². The summed E-state index contributed by atoms with van der Waals surface area (Å²) < 4.78 is 6.48. The number of halogens is 1. The first-order chi connectivity index (χ1) is 15.0. The molecule has 1 atom stereocenters. The van der Waals surface area contributed by atoms with Crippen molar-refractivity contribution in [1.29, 1.82) is 0 Å². The van der Waals surface area contributed by atoms with Crippen LogP contribution in [-0.4, -0.2) is 46.0 Å². The number of amides is 1. The van der Waals surface area contributed by atoms with E-state index in [1.54, 1.807) is 0 Å². The van der Waals surface area contributed by atoms with E-state index in [1.165, 1.54) is 5.56 Å². The summed E-state index contributed by atoms with van der Waals surface area (Å²) in [5.74, 6) is 1.37. The second-order valence-electron chi connectivity index (χ2n) is 8.27. The molecule has 1 unspecified atom stereocenters. The highest BCUT2D eigenvalue weighted by Crippen LogP contribution is 2.23. The van der Waals surface area contributed by atoms with E-state index in [4.69, 9.17) is 4.52 Å². The molecule has 1 aromatic heterocycles. The van der Waals surface area contributed by atoms with Crippen molar-refractivity contribution in [2.75, 3.05) is 20.1 Å². The Bertz CT molecular complexity index is 1020. The van der Waals surface area contributed by atoms with Gasteiger partial charge in [-0.15, -0.1) is 0 Å². The van der Waals surface area contributed by atoms with Crippen molar-refractivity contribution in [1.82, 2.24) is 19.9 Å². The molecule has 162 valence electrons. The van der Waals surface area contributed by atoms with Gasteiger partial charge >= 0.3 is 0 Å². The fourth-order valence-electron chi connectivity index (χ4n) is 3.98. The standard InChI is InChI=1S/C24H27BrN4O2/c1-17-5-7-18(8-6-17)14-28(2)24(30)20-4-3-13-29(15-20)16-22-26-23(27-31-22)19-9-11-21(25)12-10-19/h5-12,20H,3-4,13-16H2,1-2H3. The number of hydrogen-bond acceptors (Lipinski definition) is 5. The van der Waals surface area contributed by atoms with E-state index >= 15 is 0 Å². The van der Waals surface area contributed by atoms with Crippen LogP contribution in [0, 0.1) is 12.8 Å². The van der Waals surface area contributed by atoms with Gasteiger partial charge in [-0.1, -0.05) is 50.9 Å². The Morgan fingerprint density at radius 1 is 1.19 bits per heavy atom. The van der Waals surface area contributed by atoms with Gasteiger partial charge in [0.1, 0.15) is 0 Å². The van der Waals surface area contributed by atoms with Crippen LogP contribution in [0.2, 0.25) is 0 Å². The van der Waals surface area contributed by atoms with Gasteiger partial charge in [0.15, 0.2) is 0 Å². The Morgan fingerprint density at radius 2 is 1.94 bits per heavy atom. The summed E-state index contributed by atoms with van der Waals surface area (Å²) in [6, 6.07) is 16.2. The number of carbonyl (C=O) groups excluding carboxylic acids is 1. The van der Waals surface area contributed by atoms with Crippen molar-refractivity contribution >= 4 is 21.8 Å². The molecule has 0 saturated carbocycles. The predicted octanol–water partition coefficient (Wildman–Crippen LogP) is 4.68. The van der Waals surface area contributed by atoms with E-state index in [9.17, 15) is 4.79 Å². The third kappa shape index (κ3) is 5.60. The number of aromatic nitrogens is 2. The molecule has 3 aromatic rings. The van der Waals surface area contributed by atoms with Gasteiger partial charge in [0.25, 0.3) is 0 Å². The summed E-state index contributed by atoms with van der Waals surface area (Å²) in [5, 5.41) is 4.11. The van der Waals surface area contributed by atoms with Gasteiger partial charge in [0, 0.05) is 30.2 Å². The molecule has 1 aliphatic rings. The highest BCUT2D eigenvalue weighted by molar-refractivity contribution is 9.10. The largest absolute Gasteiger partial charge is 0.341 e. The number of benzene rings is 2. The minimum Gasteiger partial charge on any atom is -0.341 e. The van der Waals surface area contributed by atoms with Gasteiger partial charge < -0.3 is 9.42 Å². The average Bonchev–Trinajstić information content (AvgIpc) is 3.24. The maximum atomic E-state index is 13.0. The molecule has 1 saturated heterocycles. The minimum atomic E-state index is -0.00179. The Morgan fingerprint density at radius 3 is 2.68 bits per heavy atom. The molecule has 2 heterocycles. The zero-order valence-electron chi connectivity index (χ0n) is 17.9. The molecular formula is C24H27BrN4O2. The average molecular weight is 483 g/mol. The summed E-state index contributed by atoms with van der Waals surface area (Å²) in [7, 11) is 1.89. The summed E-state index contributed by atoms with van der Waals surface area (Å²) in [6.07, 6.45) is 1.91. The van der Waals surface area contributed by atoms with E-state index < -0.39 is 0 Å². The Labute approximate surface area is 191 Å². The van der Waals surface area contributed by atoms with Crippen molar-refractivity contribution in [2.45, 2.75) is 32.9 Å². The molecule has 31 heavy (non-hydrogen) atoms. The molecule has 1 aliphatic heterocycles. The van der Waals surface area contributed by atoms with Crippen LogP contribution in [0.25, 0.3) is 11.4 Å². The number of hydrogen-bond donors (Lipinski definition) is 0. The van der Waals surface area contributed by atoms with Crippen LogP contribution >= 0.6 is 15.9 Å². The van der Waals surface area contributed by atoms with Gasteiger partial charge in [-0.25, -0.2) is 0 Å². The zero-order chi connectivity index (χ0) is 21.8. The van der Waals surface area contributed by atoms with Gasteiger partial charge in [-0.05, 0) is 56.1 Å². The highest BCUT2D eigenvalue weighted by Gasteiger charge is 2.29. The quantitative estimate of drug-likeness (QED) is 0.510. The van der Waals surface area contributed by atoms with E-state index in [0.717, 1.165) is 35.0 Å². The lowest BCUT2D eigenvalue weighted by atomic mass is 9.96. The SMILES string of the molecule is Cc1ccc(CN(C)C(=O)C2CCCN(Cc3nc(-c4ccc(Br)cc4)no3)C2)cc1. The van der Waals surface area contributed by atoms with Gasteiger partial charge in [-0.2, -0.15) is 4.98 Å². The van der Waals surface area contributed by atoms with Crippen LogP contribution in [0.1, 0.15) is 29.9 Å². The van der Waals surface area contributed by atoms with Crippen LogP contribution < -0.4 is 0 Å². The third-order valence-corrected chi connectivity index (χ3v) is 6.23. The van der Waals surface area contributed by atoms with Gasteiger partial charge in [-0.3, -0.25) is 9.69 Å². The topological polar surface area (TPSA) is 62.5 Å². The maximum Gasteiger partial charge on any atom is 0.241 e. The van der Waals surface area contributed by atoms with Crippen molar-refractivity contribution in [3.05, 3.63) is 70.0 Å². The van der Waals surface area contributed by atoms with Crippen molar-refractivity contribution in [3.63, 3.8) is 0 Å². The summed E-state index contributed by atoms with van der Waals surface area (Å²) >= 11 is 3.44. The van der Waals surface area contributed by atoms with Crippen LogP contribution in [0.4, 0.5) is 0 Å². The summed E-state index contributed by atoms with van der Waals surface area (Å²) in [4.78, 5) is 21.7. The number of nitrogens with zero attached hydrogens (tertiary/aromatic N) is 4. The number of piperidine rings is 1. The van der Waals surface area contributed by atoms with Crippen LogP contribution in [0.15, 0.2) is 57.5 Å². The lowest BCUT2D eigenvalue weighted by molar-refractivity contribution is -0.136. The molecule has 0 radical (unpaired) electrons. The first-order valence-corrected chi connectivity index (χ1v) is 11.4. The first-order valence-electron chi connectivity index (χ1n) is 10.6. The fraction of sp³-hybridized carbons (Fsp3) is 0.375. The Balaban J connectivity index is 1.34. The second kappa shape index (κ2) is 9.75. The second-order valence-corrected chi connectivity index (χ2v) is 9.19. The van der Waals surface area contributed by atoms with E-state index in [0.29, 0.717) is 31.3 Å². The molecule has 0 aliphatic carbocycles. The smallest absolute Gasteiger partial charge is 0.241 e. The molecule has 2 aromatic carbocycles. The van der Waals surface area contributed by atoms with Crippen molar-refractivity contribution < 1.29 is 9.32 Å². The summed E-state index contributed by atoms with van der Waals surface area (Å²) in [5.41, 5.74) is 3.30. The van der Waals surface area contributed by atoms with E-state index in [1.807, 2.05) is 36.2 Å². The lowest BCUT2D eigenvalue weighted by Crippen LogP contribution is -2.43. The minimum absolute atomic E-state index is 0.00179. The van der Waals surface area contributed by atoms with E-state index in [-0.39, 0.29) is 11.8 Å². The number of aryl methyl sites for hydroxylation is 1. The molecule has 7 heteroatoms. The molecule has 6 nitrogen and oxygen atoms in total. The number of likely N-dealkylation sites (tertiary alicyclic amines) is 1. The highest BCUT2D eigenvalue weighted by atomic mass is 79.9. The maximum absolute atomic E-state index is 13.0.